The molecule has 0 bridgehead atoms. The van der Waals surface area contributed by atoms with Crippen LogP contribution in [0.1, 0.15) is 30.9 Å². The van der Waals surface area contributed by atoms with Gasteiger partial charge in [-0.3, -0.25) is 9.79 Å². The number of hydrogen-bond acceptors (Lipinski definition) is 3. The Balaban J connectivity index is 1.82. The van der Waals surface area contributed by atoms with Crippen LogP contribution in [0.25, 0.3) is 0 Å². The molecule has 0 aromatic heterocycles. The van der Waals surface area contributed by atoms with Gasteiger partial charge in [-0.15, -0.1) is 0 Å². The first-order valence-corrected chi connectivity index (χ1v) is 7.90. The number of likely N-dealkylation sites (tertiary alicyclic amines) is 1. The molecule has 1 fully saturated rings. The fraction of sp³-hybridized carbons (Fsp3) is 0.471. The zero-order chi connectivity index (χ0) is 16.7. The van der Waals surface area contributed by atoms with E-state index in [-0.39, 0.29) is 11.9 Å². The minimum Gasteiger partial charge on any atom is -0.352 e. The van der Waals surface area contributed by atoms with E-state index in [9.17, 15) is 4.79 Å². The van der Waals surface area contributed by atoms with Crippen LogP contribution >= 0.6 is 0 Å². The number of hydrogen-bond donors (Lipinski definition) is 2. The summed E-state index contributed by atoms with van der Waals surface area (Å²) in [5, 5.41) is 15.4. The number of rotatable bonds is 4. The summed E-state index contributed by atoms with van der Waals surface area (Å²) in [7, 11) is 1.73. The van der Waals surface area contributed by atoms with Crippen molar-refractivity contribution in [2.75, 3.05) is 20.1 Å². The van der Waals surface area contributed by atoms with Crippen molar-refractivity contribution in [3.63, 3.8) is 0 Å². The van der Waals surface area contributed by atoms with Crippen LogP contribution in [0, 0.1) is 11.3 Å². The molecule has 1 atom stereocenters. The first-order chi connectivity index (χ1) is 11.2. The van der Waals surface area contributed by atoms with Gasteiger partial charge in [-0.2, -0.15) is 5.26 Å². The van der Waals surface area contributed by atoms with Crippen molar-refractivity contribution in [1.82, 2.24) is 15.5 Å². The topological polar surface area (TPSA) is 80.5 Å². The number of nitrogens with zero attached hydrogens (tertiary/aromatic N) is 3. The lowest BCUT2D eigenvalue weighted by atomic mass is 10.1. The Bertz CT molecular complexity index is 602. The van der Waals surface area contributed by atoms with E-state index in [1.165, 1.54) is 0 Å². The molecule has 1 unspecified atom stereocenters. The lowest BCUT2D eigenvalue weighted by Gasteiger charge is -2.18. The Labute approximate surface area is 137 Å². The minimum atomic E-state index is 0.204. The minimum absolute atomic E-state index is 0.204. The Morgan fingerprint density at radius 3 is 2.78 bits per heavy atom. The maximum absolute atomic E-state index is 11.7. The number of benzene rings is 1. The largest absolute Gasteiger partial charge is 0.352 e. The molecule has 1 amide bonds. The highest BCUT2D eigenvalue weighted by Gasteiger charge is 2.25. The second-order valence-corrected chi connectivity index (χ2v) is 5.56. The Hall–Kier alpha value is -2.55. The average molecular weight is 313 g/mol. The van der Waals surface area contributed by atoms with Crippen LogP contribution in [-0.4, -0.2) is 42.9 Å². The third-order valence-electron chi connectivity index (χ3n) is 3.95. The third kappa shape index (κ3) is 4.71. The second kappa shape index (κ2) is 8.18. The fourth-order valence-electron chi connectivity index (χ4n) is 2.60. The van der Waals surface area contributed by atoms with Crippen molar-refractivity contribution in [2.45, 2.75) is 32.4 Å². The van der Waals surface area contributed by atoms with Gasteiger partial charge in [0.15, 0.2) is 5.96 Å². The van der Waals surface area contributed by atoms with Crippen LogP contribution in [0.15, 0.2) is 29.3 Å². The van der Waals surface area contributed by atoms with E-state index in [0.29, 0.717) is 18.5 Å². The molecular weight excluding hydrogens is 290 g/mol. The van der Waals surface area contributed by atoms with Gasteiger partial charge in [-0.25, -0.2) is 0 Å². The maximum Gasteiger partial charge on any atom is 0.222 e. The molecule has 6 nitrogen and oxygen atoms in total. The molecule has 2 N–H and O–H groups in total. The first kappa shape index (κ1) is 16.8. The van der Waals surface area contributed by atoms with Crippen LogP contribution < -0.4 is 10.6 Å². The highest BCUT2D eigenvalue weighted by Crippen LogP contribution is 2.10. The molecule has 1 aromatic carbocycles. The summed E-state index contributed by atoms with van der Waals surface area (Å²) in [5.41, 5.74) is 1.74. The zero-order valence-corrected chi connectivity index (χ0v) is 13.7. The summed E-state index contributed by atoms with van der Waals surface area (Å²) in [4.78, 5) is 17.8. The molecular formula is C17H23N5O. The monoisotopic (exact) mass is 313 g/mol. The second-order valence-electron chi connectivity index (χ2n) is 5.56. The molecule has 0 radical (unpaired) electrons. The van der Waals surface area contributed by atoms with Gasteiger partial charge in [0, 0.05) is 39.1 Å². The van der Waals surface area contributed by atoms with Crippen molar-refractivity contribution in [1.29, 1.82) is 5.26 Å². The van der Waals surface area contributed by atoms with E-state index in [1.807, 2.05) is 24.0 Å². The zero-order valence-electron chi connectivity index (χ0n) is 13.7. The van der Waals surface area contributed by atoms with Gasteiger partial charge >= 0.3 is 0 Å². The highest BCUT2D eigenvalue weighted by atomic mass is 16.2. The smallest absolute Gasteiger partial charge is 0.222 e. The Morgan fingerprint density at radius 2 is 2.17 bits per heavy atom. The first-order valence-electron chi connectivity index (χ1n) is 7.90. The summed E-state index contributed by atoms with van der Waals surface area (Å²) in [6.45, 7) is 4.05. The standard InChI is InChI=1S/C17H23N5O/c1-3-16(23)22-9-8-15(12-22)21-17(19-2)20-11-14-6-4-13(10-18)5-7-14/h4-7,15H,3,8-9,11-12H2,1-2H3,(H2,19,20,21). The third-order valence-corrected chi connectivity index (χ3v) is 3.95. The number of amides is 1. The summed E-state index contributed by atoms with van der Waals surface area (Å²) < 4.78 is 0. The number of nitrogens with one attached hydrogen (secondary N) is 2. The average Bonchev–Trinajstić information content (AvgIpc) is 3.06. The Morgan fingerprint density at radius 1 is 1.43 bits per heavy atom. The molecule has 1 aliphatic heterocycles. The molecule has 0 spiro atoms. The Kier molecular flexibility index (Phi) is 5.98. The SMILES string of the molecule is CCC(=O)N1CCC(NC(=NC)NCc2ccc(C#N)cc2)C1. The number of carbonyl (C=O) groups is 1. The maximum atomic E-state index is 11.7. The van der Waals surface area contributed by atoms with Crippen LogP contribution in [0.4, 0.5) is 0 Å². The van der Waals surface area contributed by atoms with Crippen LogP contribution in [0.3, 0.4) is 0 Å². The molecule has 2 rings (SSSR count). The fourth-order valence-corrected chi connectivity index (χ4v) is 2.60. The van der Waals surface area contributed by atoms with Crippen molar-refractivity contribution in [3.05, 3.63) is 35.4 Å². The van der Waals surface area contributed by atoms with Gasteiger partial charge in [0.1, 0.15) is 0 Å². The van der Waals surface area contributed by atoms with E-state index in [4.69, 9.17) is 5.26 Å². The van der Waals surface area contributed by atoms with Crippen molar-refractivity contribution in [3.8, 4) is 6.07 Å². The lowest BCUT2D eigenvalue weighted by molar-refractivity contribution is -0.129. The van der Waals surface area contributed by atoms with Crippen molar-refractivity contribution < 1.29 is 4.79 Å². The van der Waals surface area contributed by atoms with Crippen LogP contribution in [0.5, 0.6) is 0 Å². The van der Waals surface area contributed by atoms with Crippen LogP contribution in [-0.2, 0) is 11.3 Å². The molecule has 1 saturated heterocycles. The summed E-state index contributed by atoms with van der Waals surface area (Å²) in [6, 6.07) is 9.80. The van der Waals surface area contributed by atoms with Gasteiger partial charge in [-0.05, 0) is 24.1 Å². The lowest BCUT2D eigenvalue weighted by Crippen LogP contribution is -2.44. The van der Waals surface area contributed by atoms with Gasteiger partial charge < -0.3 is 15.5 Å². The summed E-state index contributed by atoms with van der Waals surface area (Å²) >= 11 is 0. The number of aliphatic imine (C=N–C) groups is 1. The quantitative estimate of drug-likeness (QED) is 0.647. The van der Waals surface area contributed by atoms with Gasteiger partial charge in [0.05, 0.1) is 11.6 Å². The molecule has 1 aromatic rings. The van der Waals surface area contributed by atoms with Crippen molar-refractivity contribution in [2.24, 2.45) is 4.99 Å². The van der Waals surface area contributed by atoms with Gasteiger partial charge in [0.2, 0.25) is 5.91 Å². The normalized spacial score (nSPS) is 17.7. The number of guanidine groups is 1. The molecule has 0 saturated carbocycles. The van der Waals surface area contributed by atoms with E-state index >= 15 is 0 Å². The molecule has 122 valence electrons. The number of nitriles is 1. The summed E-state index contributed by atoms with van der Waals surface area (Å²) in [5.74, 6) is 0.931. The predicted octanol–water partition coefficient (Wildman–Crippen LogP) is 1.23. The molecule has 1 aliphatic rings. The highest BCUT2D eigenvalue weighted by molar-refractivity contribution is 5.80. The molecule has 6 heteroatoms. The van der Waals surface area contributed by atoms with E-state index < -0.39 is 0 Å². The van der Waals surface area contributed by atoms with E-state index in [1.54, 1.807) is 19.2 Å². The van der Waals surface area contributed by atoms with Crippen LogP contribution in [0.2, 0.25) is 0 Å². The van der Waals surface area contributed by atoms with Crippen molar-refractivity contribution >= 4 is 11.9 Å². The van der Waals surface area contributed by atoms with Gasteiger partial charge in [0.25, 0.3) is 0 Å². The number of carbonyl (C=O) groups excluding carboxylic acids is 1. The molecule has 0 aliphatic carbocycles. The van der Waals surface area contributed by atoms with E-state index in [2.05, 4.69) is 21.7 Å². The predicted molar refractivity (Wildman–Crippen MR) is 89.8 cm³/mol. The van der Waals surface area contributed by atoms with Gasteiger partial charge in [-0.1, -0.05) is 19.1 Å². The summed E-state index contributed by atoms with van der Waals surface area (Å²) in [6.07, 6.45) is 1.49. The van der Waals surface area contributed by atoms with E-state index in [0.717, 1.165) is 31.0 Å². The molecule has 1 heterocycles. The molecule has 23 heavy (non-hydrogen) atoms.